The molecule has 0 aromatic carbocycles. The summed E-state index contributed by atoms with van der Waals surface area (Å²) >= 11 is 3.41. The second-order valence-electron chi connectivity index (χ2n) is 2.58. The number of alkyl halides is 1. The average Bonchev–Trinajstić information content (AvgIpc) is 1.91. The number of hydrogen-bond acceptors (Lipinski definition) is 0. The van der Waals surface area contributed by atoms with Crippen LogP contribution >= 0.6 is 15.9 Å². The smallest absolute Gasteiger partial charge is 0.0214 e. The molecule has 0 unspecified atom stereocenters. The number of hydrogen-bond donors (Lipinski definition) is 0. The van der Waals surface area contributed by atoms with E-state index in [1.807, 2.05) is 0 Å². The van der Waals surface area contributed by atoms with Gasteiger partial charge in [0.2, 0.25) is 0 Å². The van der Waals surface area contributed by atoms with E-state index in [2.05, 4.69) is 22.0 Å². The van der Waals surface area contributed by atoms with Gasteiger partial charge in [0, 0.05) is 5.33 Å². The average molecular weight is 189 g/mol. The third-order valence-corrected chi connectivity index (χ3v) is 2.19. The molecule has 0 heterocycles. The summed E-state index contributed by atoms with van der Waals surface area (Å²) < 4.78 is 0. The molecule has 0 aromatic heterocycles. The Kier molecular flexibility index (Phi) is 3.34. The highest BCUT2D eigenvalue weighted by Crippen LogP contribution is 2.22. The minimum absolute atomic E-state index is 1.04. The lowest BCUT2D eigenvalue weighted by atomic mass is 9.95. The molecule has 0 radical (unpaired) electrons. The first kappa shape index (κ1) is 7.33. The van der Waals surface area contributed by atoms with E-state index in [1.165, 1.54) is 32.1 Å². The number of rotatable bonds is 1. The maximum absolute atomic E-state index is 3.41. The fraction of sp³-hybridized carbons (Fsp3) is 0.750. The molecule has 1 rings (SSSR count). The molecule has 0 atom stereocenters. The summed E-state index contributed by atoms with van der Waals surface area (Å²) in [7, 11) is 0. The van der Waals surface area contributed by atoms with E-state index in [0.29, 0.717) is 0 Å². The van der Waals surface area contributed by atoms with Crippen molar-refractivity contribution in [1.29, 1.82) is 0 Å². The van der Waals surface area contributed by atoms with Gasteiger partial charge in [0.1, 0.15) is 0 Å². The fourth-order valence-electron chi connectivity index (χ4n) is 1.32. The van der Waals surface area contributed by atoms with Crippen LogP contribution in [0.15, 0.2) is 11.6 Å². The molecule has 0 amide bonds. The van der Waals surface area contributed by atoms with Gasteiger partial charge in [-0.15, -0.1) is 0 Å². The summed E-state index contributed by atoms with van der Waals surface area (Å²) in [5.41, 5.74) is 1.66. The Morgan fingerprint density at radius 3 is 2.44 bits per heavy atom. The van der Waals surface area contributed by atoms with E-state index in [1.54, 1.807) is 5.57 Å². The van der Waals surface area contributed by atoms with E-state index in [9.17, 15) is 0 Å². The zero-order valence-corrected chi connectivity index (χ0v) is 7.28. The van der Waals surface area contributed by atoms with Crippen molar-refractivity contribution >= 4 is 15.9 Å². The van der Waals surface area contributed by atoms with Gasteiger partial charge in [-0.3, -0.25) is 0 Å². The quantitative estimate of drug-likeness (QED) is 0.438. The molecule has 1 fully saturated rings. The molecule has 0 spiro atoms. The Morgan fingerprint density at radius 2 is 1.89 bits per heavy atom. The van der Waals surface area contributed by atoms with Gasteiger partial charge in [-0.05, 0) is 25.7 Å². The maximum atomic E-state index is 3.41. The molecule has 9 heavy (non-hydrogen) atoms. The highest BCUT2D eigenvalue weighted by atomic mass is 79.9. The lowest BCUT2D eigenvalue weighted by Crippen LogP contribution is -1.93. The van der Waals surface area contributed by atoms with E-state index in [4.69, 9.17) is 0 Å². The van der Waals surface area contributed by atoms with Crippen LogP contribution in [0.3, 0.4) is 0 Å². The van der Waals surface area contributed by atoms with Gasteiger partial charge >= 0.3 is 0 Å². The Labute approximate surface area is 65.5 Å². The summed E-state index contributed by atoms with van der Waals surface area (Å²) in [6.45, 7) is 0. The monoisotopic (exact) mass is 188 g/mol. The van der Waals surface area contributed by atoms with Crippen molar-refractivity contribution in [3.05, 3.63) is 11.6 Å². The summed E-state index contributed by atoms with van der Waals surface area (Å²) in [5.74, 6) is 0. The van der Waals surface area contributed by atoms with Crippen molar-refractivity contribution in [3.8, 4) is 0 Å². The van der Waals surface area contributed by atoms with E-state index in [-0.39, 0.29) is 0 Å². The molecular weight excluding hydrogens is 176 g/mol. The molecule has 0 N–H and O–H groups in total. The normalized spacial score (nSPS) is 19.9. The van der Waals surface area contributed by atoms with Gasteiger partial charge in [-0.1, -0.05) is 34.0 Å². The van der Waals surface area contributed by atoms with Gasteiger partial charge in [-0.25, -0.2) is 0 Å². The Bertz CT molecular complexity index is 97.1. The molecule has 0 saturated heterocycles. The first-order valence-electron chi connectivity index (χ1n) is 3.67. The third-order valence-electron chi connectivity index (χ3n) is 1.86. The van der Waals surface area contributed by atoms with Gasteiger partial charge < -0.3 is 0 Å². The van der Waals surface area contributed by atoms with Crippen molar-refractivity contribution in [2.45, 2.75) is 32.1 Å². The van der Waals surface area contributed by atoms with Gasteiger partial charge in [0.15, 0.2) is 0 Å². The molecule has 52 valence electrons. The second-order valence-corrected chi connectivity index (χ2v) is 3.22. The minimum Gasteiger partial charge on any atom is -0.0883 e. The molecule has 1 aliphatic rings. The summed E-state index contributed by atoms with van der Waals surface area (Å²) in [6.07, 6.45) is 9.30. The Morgan fingerprint density at radius 1 is 1.22 bits per heavy atom. The summed E-state index contributed by atoms with van der Waals surface area (Å²) in [5, 5.41) is 1.04. The highest BCUT2D eigenvalue weighted by molar-refractivity contribution is 9.09. The molecule has 0 nitrogen and oxygen atoms in total. The van der Waals surface area contributed by atoms with Crippen LogP contribution in [0, 0.1) is 0 Å². The first-order chi connectivity index (χ1) is 4.43. The number of allylic oxidation sites excluding steroid dienone is 2. The van der Waals surface area contributed by atoms with Crippen molar-refractivity contribution < 1.29 is 0 Å². The molecule has 0 aromatic rings. The van der Waals surface area contributed by atoms with E-state index >= 15 is 0 Å². The van der Waals surface area contributed by atoms with Crippen LogP contribution in [-0.2, 0) is 0 Å². The molecule has 0 aliphatic heterocycles. The molecule has 1 heteroatoms. The van der Waals surface area contributed by atoms with Gasteiger partial charge in [-0.2, -0.15) is 0 Å². The lowest BCUT2D eigenvalue weighted by Gasteiger charge is -2.12. The van der Waals surface area contributed by atoms with Gasteiger partial charge in [0.25, 0.3) is 0 Å². The van der Waals surface area contributed by atoms with Crippen molar-refractivity contribution in [2.24, 2.45) is 0 Å². The van der Waals surface area contributed by atoms with Crippen LogP contribution in [0.5, 0.6) is 0 Å². The van der Waals surface area contributed by atoms with Crippen LogP contribution in [0.25, 0.3) is 0 Å². The Balaban J connectivity index is 2.30. The number of halogens is 1. The molecule has 1 saturated carbocycles. The predicted octanol–water partition coefficient (Wildman–Crippen LogP) is 3.27. The summed E-state index contributed by atoms with van der Waals surface area (Å²) in [6, 6.07) is 0. The SMILES string of the molecule is BrCC=C1CCCCC1. The van der Waals surface area contributed by atoms with Crippen LogP contribution in [0.4, 0.5) is 0 Å². The Hall–Kier alpha value is 0.220. The summed E-state index contributed by atoms with van der Waals surface area (Å²) in [4.78, 5) is 0. The van der Waals surface area contributed by atoms with Gasteiger partial charge in [0.05, 0.1) is 0 Å². The first-order valence-corrected chi connectivity index (χ1v) is 4.79. The topological polar surface area (TPSA) is 0 Å². The minimum atomic E-state index is 1.04. The standard InChI is InChI=1S/C8H13Br/c9-7-6-8-4-2-1-3-5-8/h6H,1-5,7H2. The largest absolute Gasteiger partial charge is 0.0883 e. The molecule has 0 bridgehead atoms. The van der Waals surface area contributed by atoms with Crippen molar-refractivity contribution in [1.82, 2.24) is 0 Å². The third kappa shape index (κ3) is 2.53. The van der Waals surface area contributed by atoms with Crippen LogP contribution in [0.2, 0.25) is 0 Å². The molecule has 1 aliphatic carbocycles. The molecular formula is C8H13Br. The van der Waals surface area contributed by atoms with E-state index < -0.39 is 0 Å². The van der Waals surface area contributed by atoms with Crippen LogP contribution in [-0.4, -0.2) is 5.33 Å². The maximum Gasteiger partial charge on any atom is 0.0214 e. The van der Waals surface area contributed by atoms with Crippen LogP contribution in [0.1, 0.15) is 32.1 Å². The predicted molar refractivity (Wildman–Crippen MR) is 45.0 cm³/mol. The zero-order chi connectivity index (χ0) is 6.53. The van der Waals surface area contributed by atoms with Crippen molar-refractivity contribution in [2.75, 3.05) is 5.33 Å². The van der Waals surface area contributed by atoms with Crippen molar-refractivity contribution in [3.63, 3.8) is 0 Å². The highest BCUT2D eigenvalue weighted by Gasteiger charge is 2.02. The zero-order valence-electron chi connectivity index (χ0n) is 5.70. The van der Waals surface area contributed by atoms with Crippen LogP contribution < -0.4 is 0 Å². The lowest BCUT2D eigenvalue weighted by molar-refractivity contribution is 0.598. The fourth-order valence-corrected chi connectivity index (χ4v) is 1.78. The van der Waals surface area contributed by atoms with E-state index in [0.717, 1.165) is 5.33 Å². The second kappa shape index (κ2) is 4.10.